The fourth-order valence-electron chi connectivity index (χ4n) is 1.03. The minimum Gasteiger partial charge on any atom is -0.393 e. The summed E-state index contributed by atoms with van der Waals surface area (Å²) in [7, 11) is 0. The summed E-state index contributed by atoms with van der Waals surface area (Å²) >= 11 is 9.20. The highest BCUT2D eigenvalue weighted by atomic mass is 79.9. The summed E-state index contributed by atoms with van der Waals surface area (Å²) in [5, 5.41) is 13.0. The molecule has 78 valence electrons. The Bertz CT molecular complexity index is 304. The van der Waals surface area contributed by atoms with Gasteiger partial charge in [0.2, 0.25) is 0 Å². The molecule has 1 unspecified atom stereocenters. The topological polar surface area (TPSA) is 32.3 Å². The van der Waals surface area contributed by atoms with E-state index in [1.807, 2.05) is 18.2 Å². The van der Waals surface area contributed by atoms with Gasteiger partial charge >= 0.3 is 0 Å². The van der Waals surface area contributed by atoms with Crippen molar-refractivity contribution in [3.8, 4) is 0 Å². The third kappa shape index (κ3) is 3.86. The van der Waals surface area contributed by atoms with Crippen LogP contribution in [0.5, 0.6) is 0 Å². The van der Waals surface area contributed by atoms with Crippen molar-refractivity contribution in [3.05, 3.63) is 27.7 Å². The van der Waals surface area contributed by atoms with Gasteiger partial charge in [0.25, 0.3) is 0 Å². The third-order valence-corrected chi connectivity index (χ3v) is 3.02. The molecule has 0 spiro atoms. The molecule has 1 aromatic rings. The second-order valence-electron chi connectivity index (χ2n) is 3.19. The van der Waals surface area contributed by atoms with Crippen LogP contribution < -0.4 is 5.32 Å². The van der Waals surface area contributed by atoms with E-state index in [1.54, 1.807) is 6.92 Å². The Morgan fingerprint density at radius 2 is 2.29 bits per heavy atom. The van der Waals surface area contributed by atoms with Gasteiger partial charge in [-0.15, -0.1) is 0 Å². The first-order valence-electron chi connectivity index (χ1n) is 4.46. The van der Waals surface area contributed by atoms with Crippen LogP contribution in [0, 0.1) is 0 Å². The van der Waals surface area contributed by atoms with Gasteiger partial charge in [-0.25, -0.2) is 0 Å². The van der Waals surface area contributed by atoms with Gasteiger partial charge in [-0.05, 0) is 47.5 Å². The lowest BCUT2D eigenvalue weighted by Gasteiger charge is -2.08. The van der Waals surface area contributed by atoms with Crippen molar-refractivity contribution in [1.82, 2.24) is 0 Å². The Balaban J connectivity index is 2.47. The Morgan fingerprint density at radius 3 is 2.86 bits per heavy atom. The molecule has 0 saturated heterocycles. The number of anilines is 1. The lowest BCUT2D eigenvalue weighted by atomic mass is 10.2. The fourth-order valence-corrected chi connectivity index (χ4v) is 1.53. The highest BCUT2D eigenvalue weighted by molar-refractivity contribution is 9.10. The largest absolute Gasteiger partial charge is 0.393 e. The molecule has 0 fully saturated rings. The molecule has 4 heteroatoms. The van der Waals surface area contributed by atoms with Crippen LogP contribution in [-0.4, -0.2) is 17.8 Å². The predicted octanol–water partition coefficient (Wildman–Crippen LogP) is 3.29. The van der Waals surface area contributed by atoms with Crippen molar-refractivity contribution in [3.63, 3.8) is 0 Å². The maximum absolute atomic E-state index is 9.06. The van der Waals surface area contributed by atoms with Crippen LogP contribution in [0.4, 0.5) is 5.69 Å². The molecule has 1 atom stereocenters. The zero-order valence-electron chi connectivity index (χ0n) is 7.93. The molecule has 1 rings (SSSR count). The molecule has 1 aromatic carbocycles. The third-order valence-electron chi connectivity index (χ3n) is 1.81. The van der Waals surface area contributed by atoms with Crippen LogP contribution >= 0.6 is 27.5 Å². The van der Waals surface area contributed by atoms with Gasteiger partial charge < -0.3 is 10.4 Å². The van der Waals surface area contributed by atoms with Gasteiger partial charge in [-0.2, -0.15) is 0 Å². The van der Waals surface area contributed by atoms with E-state index in [0.717, 1.165) is 23.1 Å². The van der Waals surface area contributed by atoms with Gasteiger partial charge in [0.05, 0.1) is 11.1 Å². The van der Waals surface area contributed by atoms with Gasteiger partial charge in [-0.1, -0.05) is 11.6 Å². The maximum atomic E-state index is 9.06. The molecule has 0 aliphatic carbocycles. The number of hydrogen-bond acceptors (Lipinski definition) is 2. The normalized spacial score (nSPS) is 12.6. The van der Waals surface area contributed by atoms with E-state index in [9.17, 15) is 0 Å². The summed E-state index contributed by atoms with van der Waals surface area (Å²) in [6, 6.07) is 5.66. The molecule has 0 bridgehead atoms. The van der Waals surface area contributed by atoms with Gasteiger partial charge in [0, 0.05) is 16.7 Å². The molecule has 0 heterocycles. The monoisotopic (exact) mass is 277 g/mol. The summed E-state index contributed by atoms with van der Waals surface area (Å²) in [5.74, 6) is 0. The van der Waals surface area contributed by atoms with E-state index >= 15 is 0 Å². The summed E-state index contributed by atoms with van der Waals surface area (Å²) < 4.78 is 0.876. The maximum Gasteiger partial charge on any atom is 0.0549 e. The summed E-state index contributed by atoms with van der Waals surface area (Å²) in [6.45, 7) is 2.53. The molecule has 0 aliphatic heterocycles. The lowest BCUT2D eigenvalue weighted by molar-refractivity contribution is 0.189. The second-order valence-corrected chi connectivity index (χ2v) is 4.45. The van der Waals surface area contributed by atoms with Gasteiger partial charge in [0.1, 0.15) is 0 Å². The first-order chi connectivity index (χ1) is 6.59. The SMILES string of the molecule is CC(O)CCNc1ccc(Cl)c(Br)c1. The van der Waals surface area contributed by atoms with Crippen molar-refractivity contribution < 1.29 is 5.11 Å². The second kappa shape index (κ2) is 5.59. The molecule has 14 heavy (non-hydrogen) atoms. The number of halogens is 2. The molecule has 0 saturated carbocycles. The number of rotatable bonds is 4. The molecular weight excluding hydrogens is 265 g/mol. The summed E-state index contributed by atoms with van der Waals surface area (Å²) in [6.07, 6.45) is 0.471. The minimum atomic E-state index is -0.266. The quantitative estimate of drug-likeness (QED) is 0.886. The molecule has 0 aliphatic rings. The molecular formula is C10H13BrClNO. The number of hydrogen-bond donors (Lipinski definition) is 2. The minimum absolute atomic E-state index is 0.266. The van der Waals surface area contributed by atoms with Crippen LogP contribution in [0.3, 0.4) is 0 Å². The summed E-state index contributed by atoms with van der Waals surface area (Å²) in [4.78, 5) is 0. The zero-order chi connectivity index (χ0) is 10.6. The number of aliphatic hydroxyl groups is 1. The Kier molecular flexibility index (Phi) is 4.72. The van der Waals surface area contributed by atoms with Crippen LogP contribution in [0.2, 0.25) is 5.02 Å². The molecule has 2 nitrogen and oxygen atoms in total. The van der Waals surface area contributed by atoms with Crippen LogP contribution in [-0.2, 0) is 0 Å². The highest BCUT2D eigenvalue weighted by Gasteiger charge is 1.99. The van der Waals surface area contributed by atoms with Crippen molar-refractivity contribution >= 4 is 33.2 Å². The molecule has 0 aromatic heterocycles. The molecule has 2 N–H and O–H groups in total. The van der Waals surface area contributed by atoms with Crippen molar-refractivity contribution in [1.29, 1.82) is 0 Å². The first kappa shape index (κ1) is 11.8. The highest BCUT2D eigenvalue weighted by Crippen LogP contribution is 2.25. The number of benzene rings is 1. The van der Waals surface area contributed by atoms with Gasteiger partial charge in [0.15, 0.2) is 0 Å². The zero-order valence-corrected chi connectivity index (χ0v) is 10.3. The predicted molar refractivity (Wildman–Crippen MR) is 63.9 cm³/mol. The van der Waals surface area contributed by atoms with E-state index < -0.39 is 0 Å². The van der Waals surface area contributed by atoms with Crippen molar-refractivity contribution in [2.75, 3.05) is 11.9 Å². The van der Waals surface area contributed by atoms with Crippen LogP contribution in [0.15, 0.2) is 22.7 Å². The Morgan fingerprint density at radius 1 is 1.57 bits per heavy atom. The fraction of sp³-hybridized carbons (Fsp3) is 0.400. The van der Waals surface area contributed by atoms with Gasteiger partial charge in [-0.3, -0.25) is 0 Å². The first-order valence-corrected chi connectivity index (χ1v) is 5.63. The Hall–Kier alpha value is -0.250. The molecule has 0 amide bonds. The average Bonchev–Trinajstić information content (AvgIpc) is 2.10. The van der Waals surface area contributed by atoms with E-state index in [4.69, 9.17) is 16.7 Å². The average molecular weight is 279 g/mol. The van der Waals surface area contributed by atoms with Crippen LogP contribution in [0.25, 0.3) is 0 Å². The summed E-state index contributed by atoms with van der Waals surface area (Å²) in [5.41, 5.74) is 1.00. The smallest absolute Gasteiger partial charge is 0.0549 e. The van der Waals surface area contributed by atoms with Crippen LogP contribution in [0.1, 0.15) is 13.3 Å². The molecule has 0 radical (unpaired) electrons. The standard InChI is InChI=1S/C10H13BrClNO/c1-7(14)4-5-13-8-2-3-10(12)9(11)6-8/h2-3,6-7,13-14H,4-5H2,1H3. The van der Waals surface area contributed by atoms with E-state index in [2.05, 4.69) is 21.2 Å². The van der Waals surface area contributed by atoms with E-state index in [1.165, 1.54) is 0 Å². The number of nitrogens with one attached hydrogen (secondary N) is 1. The van der Waals surface area contributed by atoms with E-state index in [-0.39, 0.29) is 6.10 Å². The Labute approximate surface area is 97.4 Å². The van der Waals surface area contributed by atoms with E-state index in [0.29, 0.717) is 5.02 Å². The number of aliphatic hydroxyl groups excluding tert-OH is 1. The van der Waals surface area contributed by atoms with Crippen molar-refractivity contribution in [2.45, 2.75) is 19.4 Å². The lowest BCUT2D eigenvalue weighted by Crippen LogP contribution is -2.09. The van der Waals surface area contributed by atoms with Crippen molar-refractivity contribution in [2.24, 2.45) is 0 Å².